The zero-order valence-electron chi connectivity index (χ0n) is 13.7. The average molecular weight is 356 g/mol. The molecular weight excluding hydrogens is 340 g/mol. The predicted molar refractivity (Wildman–Crippen MR) is 90.8 cm³/mol. The molecule has 9 heteroatoms. The Morgan fingerprint density at radius 1 is 1.00 bits per heavy atom. The van der Waals surface area contributed by atoms with E-state index in [9.17, 15) is 24.8 Å². The molecule has 0 spiro atoms. The second kappa shape index (κ2) is 7.18. The minimum absolute atomic E-state index is 0.122. The quantitative estimate of drug-likeness (QED) is 0.654. The first-order chi connectivity index (χ1) is 12.5. The Kier molecular flexibility index (Phi) is 4.78. The maximum absolute atomic E-state index is 12.6. The van der Waals surface area contributed by atoms with Crippen LogP contribution in [-0.4, -0.2) is 62.8 Å². The summed E-state index contributed by atoms with van der Waals surface area (Å²) >= 11 is 0. The van der Waals surface area contributed by atoms with Gasteiger partial charge < -0.3 is 14.9 Å². The van der Waals surface area contributed by atoms with Crippen LogP contribution in [0.5, 0.6) is 5.75 Å². The zero-order valence-corrected chi connectivity index (χ0v) is 13.7. The number of hydrogen-bond donors (Lipinski definition) is 1. The summed E-state index contributed by atoms with van der Waals surface area (Å²) in [5, 5.41) is 20.9. The van der Waals surface area contributed by atoms with Crippen molar-refractivity contribution in [3.05, 3.63) is 64.0 Å². The lowest BCUT2D eigenvalue weighted by Gasteiger charge is -2.34. The normalized spacial score (nSPS) is 14.2. The van der Waals surface area contributed by atoms with Crippen LogP contribution in [0.15, 0.2) is 42.6 Å². The highest BCUT2D eigenvalue weighted by Crippen LogP contribution is 2.30. The summed E-state index contributed by atoms with van der Waals surface area (Å²) in [4.78, 5) is 42.2. The van der Waals surface area contributed by atoms with Crippen LogP contribution in [0.3, 0.4) is 0 Å². The molecule has 134 valence electrons. The summed E-state index contributed by atoms with van der Waals surface area (Å²) in [5.74, 6) is -1.36. The number of aromatic nitrogens is 1. The van der Waals surface area contributed by atoms with E-state index >= 15 is 0 Å². The molecular formula is C17H16N4O5. The highest BCUT2D eigenvalue weighted by atomic mass is 16.6. The number of phenols is 1. The second-order valence-corrected chi connectivity index (χ2v) is 5.73. The van der Waals surface area contributed by atoms with Crippen molar-refractivity contribution in [3.8, 4) is 5.75 Å². The summed E-state index contributed by atoms with van der Waals surface area (Å²) < 4.78 is 0. The maximum Gasteiger partial charge on any atom is 0.311 e. The summed E-state index contributed by atoms with van der Waals surface area (Å²) in [5.41, 5.74) is -0.299. The number of nitrogens with zero attached hydrogens (tertiary/aromatic N) is 4. The Balaban J connectivity index is 1.69. The molecule has 1 aliphatic rings. The van der Waals surface area contributed by atoms with Crippen LogP contribution in [0.25, 0.3) is 0 Å². The number of piperazine rings is 1. The Morgan fingerprint density at radius 3 is 2.23 bits per heavy atom. The van der Waals surface area contributed by atoms with Crippen molar-refractivity contribution in [1.82, 2.24) is 14.8 Å². The van der Waals surface area contributed by atoms with Crippen molar-refractivity contribution in [2.45, 2.75) is 0 Å². The minimum atomic E-state index is -0.740. The van der Waals surface area contributed by atoms with Gasteiger partial charge in [-0.25, -0.2) is 0 Å². The number of nitro groups is 1. The molecule has 1 fully saturated rings. The van der Waals surface area contributed by atoms with Crippen LogP contribution in [-0.2, 0) is 0 Å². The number of carbonyl (C=O) groups excluding carboxylic acids is 2. The Bertz CT molecular complexity index is 847. The number of pyridine rings is 1. The van der Waals surface area contributed by atoms with E-state index in [4.69, 9.17) is 0 Å². The Morgan fingerprint density at radius 2 is 1.65 bits per heavy atom. The number of carbonyl (C=O) groups is 2. The first-order valence-corrected chi connectivity index (χ1v) is 7.95. The summed E-state index contributed by atoms with van der Waals surface area (Å²) in [6.07, 6.45) is 1.54. The lowest BCUT2D eigenvalue weighted by Crippen LogP contribution is -2.50. The van der Waals surface area contributed by atoms with E-state index in [2.05, 4.69) is 4.98 Å². The summed E-state index contributed by atoms with van der Waals surface area (Å²) in [7, 11) is 0. The number of hydrogen-bond acceptors (Lipinski definition) is 6. The first-order valence-electron chi connectivity index (χ1n) is 7.95. The van der Waals surface area contributed by atoms with Gasteiger partial charge in [-0.2, -0.15) is 0 Å². The van der Waals surface area contributed by atoms with Crippen LogP contribution < -0.4 is 0 Å². The third-order valence-corrected chi connectivity index (χ3v) is 4.18. The van der Waals surface area contributed by atoms with Gasteiger partial charge in [0.05, 0.1) is 10.5 Å². The van der Waals surface area contributed by atoms with Gasteiger partial charge in [0.15, 0.2) is 0 Å². The highest BCUT2D eigenvalue weighted by Gasteiger charge is 2.29. The van der Waals surface area contributed by atoms with E-state index in [1.807, 2.05) is 0 Å². The Labute approximate surface area is 148 Å². The third-order valence-electron chi connectivity index (χ3n) is 4.18. The van der Waals surface area contributed by atoms with Gasteiger partial charge in [0.2, 0.25) is 5.75 Å². The largest absolute Gasteiger partial charge is 0.502 e. The molecule has 0 unspecified atom stereocenters. The zero-order chi connectivity index (χ0) is 18.7. The maximum atomic E-state index is 12.6. The number of rotatable bonds is 3. The van der Waals surface area contributed by atoms with E-state index in [1.165, 1.54) is 23.2 Å². The smallest absolute Gasteiger partial charge is 0.311 e. The average Bonchev–Trinajstić information content (AvgIpc) is 2.67. The van der Waals surface area contributed by atoms with Crippen LogP contribution in [0.4, 0.5) is 5.69 Å². The molecule has 1 saturated heterocycles. The minimum Gasteiger partial charge on any atom is -0.502 e. The van der Waals surface area contributed by atoms with Gasteiger partial charge >= 0.3 is 5.69 Å². The van der Waals surface area contributed by atoms with E-state index in [-0.39, 0.29) is 24.6 Å². The molecule has 2 amide bonds. The fraction of sp³-hybridized carbons (Fsp3) is 0.235. The highest BCUT2D eigenvalue weighted by molar-refractivity contribution is 5.98. The van der Waals surface area contributed by atoms with Gasteiger partial charge in [-0.15, -0.1) is 0 Å². The van der Waals surface area contributed by atoms with E-state index in [1.54, 1.807) is 23.1 Å². The number of amides is 2. The monoisotopic (exact) mass is 356 g/mol. The molecule has 1 N–H and O–H groups in total. The van der Waals surface area contributed by atoms with Gasteiger partial charge in [-0.1, -0.05) is 12.1 Å². The topological polar surface area (TPSA) is 117 Å². The summed E-state index contributed by atoms with van der Waals surface area (Å²) in [6.45, 7) is 1.16. The molecule has 0 bridgehead atoms. The van der Waals surface area contributed by atoms with Gasteiger partial charge in [0.25, 0.3) is 11.8 Å². The number of para-hydroxylation sites is 1. The predicted octanol–water partition coefficient (Wildman–Crippen LogP) is 1.29. The van der Waals surface area contributed by atoms with Crippen LogP contribution in [0.1, 0.15) is 20.8 Å². The Hall–Kier alpha value is -3.49. The van der Waals surface area contributed by atoms with E-state index in [0.717, 1.165) is 6.07 Å². The van der Waals surface area contributed by atoms with Crippen molar-refractivity contribution in [1.29, 1.82) is 0 Å². The number of nitro benzene ring substituents is 1. The molecule has 2 aromatic rings. The SMILES string of the molecule is O=C(c1ccccn1)N1CCN(C(=O)c2cccc([N+](=O)[O-])c2O)CC1. The molecule has 3 rings (SSSR count). The van der Waals surface area contributed by atoms with E-state index in [0.29, 0.717) is 18.8 Å². The van der Waals surface area contributed by atoms with Crippen molar-refractivity contribution < 1.29 is 19.6 Å². The molecule has 1 aromatic carbocycles. The molecule has 9 nitrogen and oxygen atoms in total. The lowest BCUT2D eigenvalue weighted by molar-refractivity contribution is -0.385. The second-order valence-electron chi connectivity index (χ2n) is 5.73. The molecule has 0 aliphatic carbocycles. The van der Waals surface area contributed by atoms with Crippen molar-refractivity contribution in [3.63, 3.8) is 0 Å². The number of benzene rings is 1. The van der Waals surface area contributed by atoms with E-state index < -0.39 is 22.3 Å². The fourth-order valence-electron chi connectivity index (χ4n) is 2.79. The van der Waals surface area contributed by atoms with Gasteiger partial charge in [-0.05, 0) is 18.2 Å². The van der Waals surface area contributed by atoms with Crippen LogP contribution in [0.2, 0.25) is 0 Å². The van der Waals surface area contributed by atoms with Crippen LogP contribution in [0, 0.1) is 10.1 Å². The van der Waals surface area contributed by atoms with Crippen LogP contribution >= 0.6 is 0 Å². The number of aromatic hydroxyl groups is 1. The number of phenolic OH excluding ortho intramolecular Hbond substituents is 1. The summed E-state index contributed by atoms with van der Waals surface area (Å²) in [6, 6.07) is 8.91. The molecule has 26 heavy (non-hydrogen) atoms. The molecule has 0 saturated carbocycles. The fourth-order valence-corrected chi connectivity index (χ4v) is 2.79. The molecule has 1 aliphatic heterocycles. The van der Waals surface area contributed by atoms with Crippen molar-refractivity contribution >= 4 is 17.5 Å². The molecule has 0 radical (unpaired) electrons. The van der Waals surface area contributed by atoms with Crippen molar-refractivity contribution in [2.75, 3.05) is 26.2 Å². The lowest BCUT2D eigenvalue weighted by atomic mass is 10.1. The molecule has 2 heterocycles. The first kappa shape index (κ1) is 17.3. The standard InChI is InChI=1S/C17H16N4O5/c22-15-12(4-3-6-14(15)21(25)26)16(23)19-8-10-20(11-9-19)17(24)13-5-1-2-7-18-13/h1-7,22H,8-11H2. The van der Waals surface area contributed by atoms with Gasteiger partial charge in [-0.3, -0.25) is 24.7 Å². The molecule has 1 aromatic heterocycles. The van der Waals surface area contributed by atoms with Crippen molar-refractivity contribution in [2.24, 2.45) is 0 Å². The third kappa shape index (κ3) is 3.32. The van der Waals surface area contributed by atoms with Gasteiger partial charge in [0, 0.05) is 38.4 Å². The molecule has 0 atom stereocenters. The van der Waals surface area contributed by atoms with Gasteiger partial charge in [0.1, 0.15) is 5.69 Å².